The Bertz CT molecular complexity index is 595. The molecule has 0 atom stereocenters. The summed E-state index contributed by atoms with van der Waals surface area (Å²) in [6.07, 6.45) is 1.46. The molecule has 0 aliphatic rings. The largest absolute Gasteiger partial charge is 0.341 e. The lowest BCUT2D eigenvalue weighted by atomic mass is 9.95. The molecule has 0 radical (unpaired) electrons. The number of aromatic nitrogens is 4. The zero-order valence-electron chi connectivity index (χ0n) is 9.79. The summed E-state index contributed by atoms with van der Waals surface area (Å²) in [6, 6.07) is 0. The van der Waals surface area contributed by atoms with E-state index in [0.717, 1.165) is 0 Å². The minimum Gasteiger partial charge on any atom is -0.341 e. The average Bonchev–Trinajstić information content (AvgIpc) is 2.77. The van der Waals surface area contributed by atoms with Crippen molar-refractivity contribution in [3.8, 4) is 0 Å². The van der Waals surface area contributed by atoms with Gasteiger partial charge in [-0.15, -0.1) is 11.6 Å². The van der Waals surface area contributed by atoms with Crippen LogP contribution in [-0.4, -0.2) is 31.7 Å². The van der Waals surface area contributed by atoms with Crippen molar-refractivity contribution in [1.29, 1.82) is 0 Å². The van der Waals surface area contributed by atoms with E-state index in [2.05, 4.69) is 25.3 Å². The molecule has 8 heteroatoms. The maximum absolute atomic E-state index is 11.9. The fourth-order valence-corrected chi connectivity index (χ4v) is 1.53. The number of imidazole rings is 1. The third-order valence-electron chi connectivity index (χ3n) is 2.42. The maximum Gasteiger partial charge on any atom is 0.233 e. The molecule has 0 bridgehead atoms. The van der Waals surface area contributed by atoms with Gasteiger partial charge in [0, 0.05) is 5.88 Å². The molecule has 0 unspecified atom stereocenters. The number of amides is 1. The number of nitrogens with zero attached hydrogens (tertiary/aromatic N) is 3. The molecule has 0 fully saturated rings. The first-order valence-electron chi connectivity index (χ1n) is 5.18. The Kier molecular flexibility index (Phi) is 3.41. The summed E-state index contributed by atoms with van der Waals surface area (Å²) in [7, 11) is 0. The predicted molar refractivity (Wildman–Crippen MR) is 69.8 cm³/mol. The molecular weight excluding hydrogens is 277 g/mol. The summed E-state index contributed by atoms with van der Waals surface area (Å²) in [6.45, 7) is 3.45. The van der Waals surface area contributed by atoms with Crippen molar-refractivity contribution in [3.63, 3.8) is 0 Å². The molecule has 96 valence electrons. The monoisotopic (exact) mass is 287 g/mol. The van der Waals surface area contributed by atoms with Crippen LogP contribution in [0, 0.1) is 5.41 Å². The predicted octanol–water partition coefficient (Wildman–Crippen LogP) is 2.21. The van der Waals surface area contributed by atoms with E-state index in [4.69, 9.17) is 23.2 Å². The Balaban J connectivity index is 2.30. The van der Waals surface area contributed by atoms with Crippen LogP contribution >= 0.6 is 23.2 Å². The van der Waals surface area contributed by atoms with Crippen molar-refractivity contribution >= 4 is 46.2 Å². The van der Waals surface area contributed by atoms with Crippen LogP contribution in [-0.2, 0) is 4.79 Å². The lowest BCUT2D eigenvalue weighted by molar-refractivity contribution is -0.123. The van der Waals surface area contributed by atoms with Crippen molar-refractivity contribution in [2.24, 2.45) is 5.41 Å². The first kappa shape index (κ1) is 13.0. The highest BCUT2D eigenvalue weighted by molar-refractivity contribution is 6.33. The minimum atomic E-state index is -0.710. The number of hydrogen-bond donors (Lipinski definition) is 2. The molecule has 2 rings (SSSR count). The second-order valence-electron chi connectivity index (χ2n) is 4.41. The number of fused-ring (bicyclic) bond motifs is 1. The third-order valence-corrected chi connectivity index (χ3v) is 3.36. The van der Waals surface area contributed by atoms with E-state index in [-0.39, 0.29) is 22.9 Å². The third kappa shape index (κ3) is 2.39. The summed E-state index contributed by atoms with van der Waals surface area (Å²) < 4.78 is 0. The van der Waals surface area contributed by atoms with Gasteiger partial charge in [0.05, 0.1) is 11.7 Å². The minimum absolute atomic E-state index is 0.114. The molecule has 2 N–H and O–H groups in total. The lowest BCUT2D eigenvalue weighted by Crippen LogP contribution is -2.32. The SMILES string of the molecule is CC(C)(CCl)C(=O)Nc1nc(Cl)c2[nH]cnc2n1. The molecule has 2 heterocycles. The van der Waals surface area contributed by atoms with E-state index in [1.165, 1.54) is 6.33 Å². The molecule has 18 heavy (non-hydrogen) atoms. The molecule has 0 aromatic carbocycles. The van der Waals surface area contributed by atoms with E-state index in [1.54, 1.807) is 13.8 Å². The Hall–Kier alpha value is -1.40. The van der Waals surface area contributed by atoms with E-state index in [9.17, 15) is 4.79 Å². The average molecular weight is 288 g/mol. The highest BCUT2D eigenvalue weighted by Crippen LogP contribution is 2.21. The fraction of sp³-hybridized carbons (Fsp3) is 0.400. The molecule has 2 aromatic heterocycles. The van der Waals surface area contributed by atoms with Crippen LogP contribution in [0.15, 0.2) is 6.33 Å². The number of carbonyl (C=O) groups excluding carboxylic acids is 1. The van der Waals surface area contributed by atoms with Crippen LogP contribution in [0.4, 0.5) is 5.95 Å². The maximum atomic E-state index is 11.9. The Morgan fingerprint density at radius 2 is 2.22 bits per heavy atom. The van der Waals surface area contributed by atoms with Gasteiger partial charge in [-0.25, -0.2) is 4.98 Å². The zero-order valence-corrected chi connectivity index (χ0v) is 11.3. The topological polar surface area (TPSA) is 83.6 Å². The van der Waals surface area contributed by atoms with Crippen LogP contribution in [0.5, 0.6) is 0 Å². The van der Waals surface area contributed by atoms with Gasteiger partial charge in [-0.2, -0.15) is 9.97 Å². The summed E-state index contributed by atoms with van der Waals surface area (Å²) >= 11 is 11.7. The Labute approximate surface area is 113 Å². The van der Waals surface area contributed by atoms with Crippen LogP contribution in [0.2, 0.25) is 5.15 Å². The number of nitrogens with one attached hydrogen (secondary N) is 2. The summed E-state index contributed by atoms with van der Waals surface area (Å²) in [4.78, 5) is 26.7. The quantitative estimate of drug-likeness (QED) is 0.670. The molecule has 0 aliphatic heterocycles. The zero-order chi connectivity index (χ0) is 13.3. The van der Waals surface area contributed by atoms with Crippen LogP contribution in [0.1, 0.15) is 13.8 Å². The van der Waals surface area contributed by atoms with Gasteiger partial charge in [0.1, 0.15) is 5.52 Å². The standard InChI is InChI=1S/C10H11Cl2N5O/c1-10(2,3-11)8(18)17-9-15-6(12)5-7(16-9)14-4-13-5/h4H,3H2,1-2H3,(H2,13,14,15,16,17,18). The van der Waals surface area contributed by atoms with E-state index in [0.29, 0.717) is 11.2 Å². The van der Waals surface area contributed by atoms with Crippen molar-refractivity contribution in [3.05, 3.63) is 11.5 Å². The molecule has 1 amide bonds. The van der Waals surface area contributed by atoms with Gasteiger partial charge < -0.3 is 4.98 Å². The molecule has 0 saturated heterocycles. The van der Waals surface area contributed by atoms with Gasteiger partial charge >= 0.3 is 0 Å². The molecular formula is C10H11Cl2N5O. The van der Waals surface area contributed by atoms with Crippen LogP contribution in [0.3, 0.4) is 0 Å². The number of anilines is 1. The highest BCUT2D eigenvalue weighted by Gasteiger charge is 2.27. The van der Waals surface area contributed by atoms with Crippen molar-refractivity contribution in [2.45, 2.75) is 13.8 Å². The summed E-state index contributed by atoms with van der Waals surface area (Å²) in [5, 5.41) is 2.78. The van der Waals surface area contributed by atoms with E-state index < -0.39 is 5.41 Å². The molecule has 6 nitrogen and oxygen atoms in total. The first-order chi connectivity index (χ1) is 8.44. The van der Waals surface area contributed by atoms with E-state index in [1.807, 2.05) is 0 Å². The van der Waals surface area contributed by atoms with Crippen LogP contribution < -0.4 is 5.32 Å². The van der Waals surface area contributed by atoms with Gasteiger partial charge in [-0.1, -0.05) is 11.6 Å². The normalized spacial score (nSPS) is 11.8. The number of carbonyl (C=O) groups is 1. The summed E-state index contributed by atoms with van der Waals surface area (Å²) in [5.74, 6) is 0.0308. The highest BCUT2D eigenvalue weighted by atomic mass is 35.5. The van der Waals surface area contributed by atoms with Crippen molar-refractivity contribution in [1.82, 2.24) is 19.9 Å². The smallest absolute Gasteiger partial charge is 0.233 e. The number of alkyl halides is 1. The molecule has 2 aromatic rings. The van der Waals surface area contributed by atoms with Gasteiger partial charge in [-0.3, -0.25) is 10.1 Å². The second kappa shape index (κ2) is 4.70. The lowest BCUT2D eigenvalue weighted by Gasteiger charge is -2.19. The molecule has 0 saturated carbocycles. The number of hydrogen-bond acceptors (Lipinski definition) is 4. The van der Waals surface area contributed by atoms with Gasteiger partial charge in [-0.05, 0) is 13.8 Å². The Morgan fingerprint density at radius 1 is 1.50 bits per heavy atom. The Morgan fingerprint density at radius 3 is 2.89 bits per heavy atom. The van der Waals surface area contributed by atoms with Gasteiger partial charge in [0.25, 0.3) is 0 Å². The fourth-order valence-electron chi connectivity index (χ4n) is 1.19. The van der Waals surface area contributed by atoms with Crippen molar-refractivity contribution < 1.29 is 4.79 Å². The number of aromatic amines is 1. The summed E-state index contributed by atoms with van der Waals surface area (Å²) in [5.41, 5.74) is 0.220. The van der Waals surface area contributed by atoms with E-state index >= 15 is 0 Å². The van der Waals surface area contributed by atoms with Crippen molar-refractivity contribution in [2.75, 3.05) is 11.2 Å². The number of H-pyrrole nitrogens is 1. The number of halogens is 2. The first-order valence-corrected chi connectivity index (χ1v) is 6.09. The number of rotatable bonds is 3. The second-order valence-corrected chi connectivity index (χ2v) is 5.04. The van der Waals surface area contributed by atoms with Gasteiger partial charge in [0.2, 0.25) is 11.9 Å². The van der Waals surface area contributed by atoms with Gasteiger partial charge in [0.15, 0.2) is 10.8 Å². The molecule has 0 aliphatic carbocycles. The van der Waals surface area contributed by atoms with Crippen LogP contribution in [0.25, 0.3) is 11.2 Å². The molecule has 0 spiro atoms.